The molecule has 2 heterocycles. The largest absolute Gasteiger partial charge is 0.433 e. The molecular weight excluding hydrogens is 334 g/mol. The second-order valence-electron chi connectivity index (χ2n) is 5.22. The Morgan fingerprint density at radius 1 is 1.50 bits per heavy atom. The van der Waals surface area contributed by atoms with Crippen LogP contribution in [0.4, 0.5) is 8.78 Å². The first-order valence-electron chi connectivity index (χ1n) is 7.00. The Balaban J connectivity index is 0.00000242. The molecule has 0 bridgehead atoms. The van der Waals surface area contributed by atoms with Crippen LogP contribution < -0.4 is 10.1 Å². The van der Waals surface area contributed by atoms with Gasteiger partial charge in [-0.3, -0.25) is 4.79 Å². The molecule has 1 aromatic rings. The summed E-state index contributed by atoms with van der Waals surface area (Å²) in [6.45, 7) is 1.14. The molecule has 0 aliphatic carbocycles. The van der Waals surface area contributed by atoms with Crippen LogP contribution in [-0.2, 0) is 0 Å². The molecule has 1 saturated heterocycles. The van der Waals surface area contributed by atoms with E-state index in [9.17, 15) is 13.6 Å². The van der Waals surface area contributed by atoms with Crippen molar-refractivity contribution in [1.82, 2.24) is 10.2 Å². The summed E-state index contributed by atoms with van der Waals surface area (Å²) >= 11 is 1.21. The van der Waals surface area contributed by atoms with Crippen molar-refractivity contribution in [3.63, 3.8) is 0 Å². The Bertz CT molecular complexity index is 491. The lowest BCUT2D eigenvalue weighted by molar-refractivity contribution is -0.0499. The van der Waals surface area contributed by atoms with Crippen molar-refractivity contribution in [1.29, 1.82) is 0 Å². The zero-order chi connectivity index (χ0) is 15.4. The molecule has 0 unspecified atom stereocenters. The number of thiophene rings is 1. The van der Waals surface area contributed by atoms with Gasteiger partial charge >= 0.3 is 6.61 Å². The Kier molecular flexibility index (Phi) is 7.52. The SMILES string of the molecule is CNCC1CCN(C(=O)c2sc(C)cc2OC(F)F)CC1.Cl. The fraction of sp³-hybridized carbons (Fsp3) is 0.643. The minimum absolute atomic E-state index is 0. The van der Waals surface area contributed by atoms with Crippen molar-refractivity contribution >= 4 is 29.7 Å². The van der Waals surface area contributed by atoms with Gasteiger partial charge in [0.15, 0.2) is 0 Å². The van der Waals surface area contributed by atoms with Gasteiger partial charge in [0.2, 0.25) is 0 Å². The van der Waals surface area contributed by atoms with E-state index in [1.807, 2.05) is 7.05 Å². The summed E-state index contributed by atoms with van der Waals surface area (Å²) in [7, 11) is 1.92. The molecule has 0 atom stereocenters. The van der Waals surface area contributed by atoms with Gasteiger partial charge in [0.25, 0.3) is 5.91 Å². The molecule has 1 aliphatic heterocycles. The van der Waals surface area contributed by atoms with Crippen LogP contribution in [0.15, 0.2) is 6.07 Å². The fourth-order valence-corrected chi connectivity index (χ4v) is 3.51. The average Bonchev–Trinajstić information content (AvgIpc) is 2.79. The summed E-state index contributed by atoms with van der Waals surface area (Å²) in [4.78, 5) is 15.3. The number of hydrogen-bond donors (Lipinski definition) is 1. The minimum Gasteiger partial charge on any atom is -0.433 e. The van der Waals surface area contributed by atoms with E-state index in [0.29, 0.717) is 19.0 Å². The number of nitrogens with one attached hydrogen (secondary N) is 1. The summed E-state index contributed by atoms with van der Waals surface area (Å²) in [5.41, 5.74) is 0. The first-order valence-corrected chi connectivity index (χ1v) is 7.82. The predicted molar refractivity (Wildman–Crippen MR) is 85.5 cm³/mol. The normalized spacial score (nSPS) is 15.8. The molecule has 1 amide bonds. The van der Waals surface area contributed by atoms with Gasteiger partial charge in [0.1, 0.15) is 10.6 Å². The number of amides is 1. The Morgan fingerprint density at radius 2 is 2.14 bits per heavy atom. The molecule has 22 heavy (non-hydrogen) atoms. The third-order valence-electron chi connectivity index (χ3n) is 3.63. The average molecular weight is 355 g/mol. The van der Waals surface area contributed by atoms with Crippen LogP contribution in [0.1, 0.15) is 27.4 Å². The first kappa shape index (κ1) is 19.1. The highest BCUT2D eigenvalue weighted by Crippen LogP contribution is 2.32. The lowest BCUT2D eigenvalue weighted by Crippen LogP contribution is -2.40. The molecule has 1 aliphatic rings. The highest BCUT2D eigenvalue weighted by molar-refractivity contribution is 7.14. The molecule has 2 rings (SSSR count). The third kappa shape index (κ3) is 4.79. The summed E-state index contributed by atoms with van der Waals surface area (Å²) in [5, 5.41) is 3.14. The number of likely N-dealkylation sites (tertiary alicyclic amines) is 1. The number of piperidine rings is 1. The Hall–Kier alpha value is -0.920. The van der Waals surface area contributed by atoms with Crippen LogP contribution in [0.3, 0.4) is 0 Å². The predicted octanol–water partition coefficient (Wildman–Crippen LogP) is 3.15. The summed E-state index contributed by atoms with van der Waals surface area (Å²) in [6.07, 6.45) is 1.87. The van der Waals surface area contributed by atoms with E-state index in [1.165, 1.54) is 17.4 Å². The second-order valence-corrected chi connectivity index (χ2v) is 6.48. The molecule has 4 nitrogen and oxygen atoms in total. The summed E-state index contributed by atoms with van der Waals surface area (Å²) in [5.74, 6) is 0.363. The van der Waals surface area contributed by atoms with Gasteiger partial charge < -0.3 is 15.0 Å². The highest BCUT2D eigenvalue weighted by Gasteiger charge is 2.27. The van der Waals surface area contributed by atoms with E-state index in [-0.39, 0.29) is 28.9 Å². The molecular formula is C14H21ClF2N2O2S. The van der Waals surface area contributed by atoms with E-state index in [1.54, 1.807) is 11.8 Å². The van der Waals surface area contributed by atoms with Gasteiger partial charge in [0, 0.05) is 18.0 Å². The first-order chi connectivity index (χ1) is 10.0. The van der Waals surface area contributed by atoms with Crippen LogP contribution in [-0.4, -0.2) is 44.1 Å². The number of ether oxygens (including phenoxy) is 1. The van der Waals surface area contributed by atoms with Crippen molar-refractivity contribution < 1.29 is 18.3 Å². The zero-order valence-electron chi connectivity index (χ0n) is 12.6. The smallest absolute Gasteiger partial charge is 0.387 e. The van der Waals surface area contributed by atoms with E-state index >= 15 is 0 Å². The third-order valence-corrected chi connectivity index (χ3v) is 4.65. The standard InChI is InChI=1S/C14H20F2N2O2S.ClH/c1-9-7-11(20-14(15)16)12(21-9)13(19)18-5-3-10(4-6-18)8-17-2;/h7,10,14,17H,3-6,8H2,1-2H3;1H. The second kappa shape index (κ2) is 8.64. The number of rotatable bonds is 5. The number of carbonyl (C=O) groups is 1. The zero-order valence-corrected chi connectivity index (χ0v) is 14.2. The molecule has 1 fully saturated rings. The molecule has 0 saturated carbocycles. The van der Waals surface area contributed by atoms with E-state index in [2.05, 4.69) is 10.1 Å². The number of halogens is 3. The van der Waals surface area contributed by atoms with Gasteiger partial charge in [-0.2, -0.15) is 8.78 Å². The summed E-state index contributed by atoms with van der Waals surface area (Å²) in [6, 6.07) is 1.50. The highest BCUT2D eigenvalue weighted by atomic mass is 35.5. The maximum absolute atomic E-state index is 12.5. The fourth-order valence-electron chi connectivity index (χ4n) is 2.60. The van der Waals surface area contributed by atoms with Gasteiger partial charge in [-0.25, -0.2) is 0 Å². The molecule has 1 N–H and O–H groups in total. The number of nitrogens with zero attached hydrogens (tertiary/aromatic N) is 1. The number of hydrogen-bond acceptors (Lipinski definition) is 4. The van der Waals surface area contributed by atoms with Gasteiger partial charge in [0.05, 0.1) is 0 Å². The van der Waals surface area contributed by atoms with Crippen LogP contribution in [0.25, 0.3) is 0 Å². The van der Waals surface area contributed by atoms with Crippen LogP contribution in [0.5, 0.6) is 5.75 Å². The van der Waals surface area contributed by atoms with Crippen molar-refractivity contribution in [2.24, 2.45) is 5.92 Å². The molecule has 0 radical (unpaired) electrons. The number of alkyl halides is 2. The van der Waals surface area contributed by atoms with Crippen LogP contribution in [0.2, 0.25) is 0 Å². The van der Waals surface area contributed by atoms with Gasteiger partial charge in [-0.15, -0.1) is 23.7 Å². The van der Waals surface area contributed by atoms with Crippen LogP contribution >= 0.6 is 23.7 Å². The molecule has 0 aromatic carbocycles. The Morgan fingerprint density at radius 3 is 2.68 bits per heavy atom. The lowest BCUT2D eigenvalue weighted by atomic mass is 9.97. The van der Waals surface area contributed by atoms with Crippen molar-refractivity contribution in [2.75, 3.05) is 26.7 Å². The Labute approximate surface area is 139 Å². The topological polar surface area (TPSA) is 41.6 Å². The maximum atomic E-state index is 12.5. The molecule has 0 spiro atoms. The van der Waals surface area contributed by atoms with Gasteiger partial charge in [-0.1, -0.05) is 0 Å². The van der Waals surface area contributed by atoms with Crippen molar-refractivity contribution in [3.8, 4) is 5.75 Å². The molecule has 8 heteroatoms. The quantitative estimate of drug-likeness (QED) is 0.883. The molecule has 1 aromatic heterocycles. The number of carbonyl (C=O) groups excluding carboxylic acids is 1. The van der Waals surface area contributed by atoms with Gasteiger partial charge in [-0.05, 0) is 45.3 Å². The maximum Gasteiger partial charge on any atom is 0.387 e. The minimum atomic E-state index is -2.91. The lowest BCUT2D eigenvalue weighted by Gasteiger charge is -2.31. The molecule has 126 valence electrons. The van der Waals surface area contributed by atoms with Crippen LogP contribution in [0, 0.1) is 12.8 Å². The monoisotopic (exact) mass is 354 g/mol. The van der Waals surface area contributed by atoms with Crippen molar-refractivity contribution in [3.05, 3.63) is 15.8 Å². The van der Waals surface area contributed by atoms with E-state index in [4.69, 9.17) is 0 Å². The number of aryl methyl sites for hydroxylation is 1. The van der Waals surface area contributed by atoms with Crippen molar-refractivity contribution in [2.45, 2.75) is 26.4 Å². The summed E-state index contributed by atoms with van der Waals surface area (Å²) < 4.78 is 29.3. The van der Waals surface area contributed by atoms with E-state index < -0.39 is 6.61 Å². The van der Waals surface area contributed by atoms with E-state index in [0.717, 1.165) is 24.3 Å².